The molecule has 0 saturated carbocycles. The molecule has 4 nitrogen and oxygen atoms in total. The predicted molar refractivity (Wildman–Crippen MR) is 110 cm³/mol. The summed E-state index contributed by atoms with van der Waals surface area (Å²) in [5, 5.41) is 2.99. The van der Waals surface area contributed by atoms with Gasteiger partial charge in [0.1, 0.15) is 11.9 Å². The average molecular weight is 405 g/mol. The Bertz CT molecular complexity index is 778. The lowest BCUT2D eigenvalue weighted by Crippen LogP contribution is -2.50. The summed E-state index contributed by atoms with van der Waals surface area (Å²) in [7, 11) is 0. The van der Waals surface area contributed by atoms with Gasteiger partial charge in [0, 0.05) is 23.7 Å². The molecule has 0 fully saturated rings. The van der Waals surface area contributed by atoms with Crippen molar-refractivity contribution in [3.63, 3.8) is 0 Å². The van der Waals surface area contributed by atoms with Crippen LogP contribution in [-0.4, -0.2) is 35.8 Å². The highest BCUT2D eigenvalue weighted by molar-refractivity contribution is 6.31. The van der Waals surface area contributed by atoms with Crippen molar-refractivity contribution in [1.82, 2.24) is 10.2 Å². The molecule has 6 heteroatoms. The van der Waals surface area contributed by atoms with E-state index in [9.17, 15) is 14.0 Å². The number of rotatable bonds is 9. The van der Waals surface area contributed by atoms with E-state index in [1.165, 1.54) is 12.1 Å². The zero-order valence-corrected chi connectivity index (χ0v) is 17.0. The first-order valence-corrected chi connectivity index (χ1v) is 9.89. The van der Waals surface area contributed by atoms with Gasteiger partial charge in [0.15, 0.2) is 0 Å². The minimum atomic E-state index is -0.610. The number of carbonyl (C=O) groups is 2. The van der Waals surface area contributed by atoms with Crippen LogP contribution >= 0.6 is 11.6 Å². The van der Waals surface area contributed by atoms with Crippen LogP contribution in [0, 0.1) is 5.82 Å². The summed E-state index contributed by atoms with van der Waals surface area (Å²) in [4.78, 5) is 27.1. The van der Waals surface area contributed by atoms with Crippen molar-refractivity contribution in [2.24, 2.45) is 0 Å². The molecule has 2 amide bonds. The second-order valence-corrected chi connectivity index (χ2v) is 6.93. The van der Waals surface area contributed by atoms with E-state index >= 15 is 0 Å². The molecule has 2 aromatic carbocycles. The largest absolute Gasteiger partial charge is 0.355 e. The first-order valence-electron chi connectivity index (χ1n) is 9.51. The van der Waals surface area contributed by atoms with Crippen molar-refractivity contribution in [2.45, 2.75) is 39.2 Å². The quantitative estimate of drug-likeness (QED) is 0.686. The maximum atomic E-state index is 14.2. The van der Waals surface area contributed by atoms with Crippen LogP contribution in [0.15, 0.2) is 48.5 Å². The van der Waals surface area contributed by atoms with E-state index in [0.717, 1.165) is 5.56 Å². The SMILES string of the molecule is CCNC(=O)[C@@H](CC)N(CCc1ccccc1)C(=O)Cc1c(F)cccc1Cl. The Labute approximate surface area is 170 Å². The molecule has 28 heavy (non-hydrogen) atoms. The molecule has 0 saturated heterocycles. The van der Waals surface area contributed by atoms with Crippen LogP contribution in [0.1, 0.15) is 31.4 Å². The summed E-state index contributed by atoms with van der Waals surface area (Å²) >= 11 is 6.09. The average Bonchev–Trinajstić information content (AvgIpc) is 2.68. The molecular formula is C22H26ClFN2O2. The highest BCUT2D eigenvalue weighted by Crippen LogP contribution is 2.21. The Balaban J connectivity index is 2.24. The molecule has 1 N–H and O–H groups in total. The Kier molecular flexibility index (Phi) is 8.45. The number of likely N-dealkylation sites (N-methyl/N-ethyl adjacent to an activating group) is 1. The number of amides is 2. The molecule has 1 atom stereocenters. The van der Waals surface area contributed by atoms with Crippen molar-refractivity contribution in [3.8, 4) is 0 Å². The lowest BCUT2D eigenvalue weighted by Gasteiger charge is -2.30. The Hall–Kier alpha value is -2.40. The van der Waals surface area contributed by atoms with Gasteiger partial charge in [-0.2, -0.15) is 0 Å². The minimum absolute atomic E-state index is 0.157. The van der Waals surface area contributed by atoms with E-state index in [0.29, 0.717) is 25.9 Å². The van der Waals surface area contributed by atoms with Gasteiger partial charge in [-0.1, -0.05) is 54.9 Å². The second kappa shape index (κ2) is 10.8. The van der Waals surface area contributed by atoms with Crippen molar-refractivity contribution in [1.29, 1.82) is 0 Å². The van der Waals surface area contributed by atoms with Gasteiger partial charge in [-0.3, -0.25) is 9.59 Å². The first kappa shape index (κ1) is 21.9. The van der Waals surface area contributed by atoms with Gasteiger partial charge >= 0.3 is 0 Å². The van der Waals surface area contributed by atoms with Crippen molar-refractivity contribution < 1.29 is 14.0 Å². The molecule has 0 aliphatic carbocycles. The highest BCUT2D eigenvalue weighted by Gasteiger charge is 2.28. The molecule has 0 heterocycles. The maximum Gasteiger partial charge on any atom is 0.242 e. The monoisotopic (exact) mass is 404 g/mol. The maximum absolute atomic E-state index is 14.2. The Morgan fingerprint density at radius 3 is 2.43 bits per heavy atom. The number of benzene rings is 2. The standard InChI is InChI=1S/C22H26ClFN2O2/c1-3-20(22(28)25-4-2)26(14-13-16-9-6-5-7-10-16)21(27)15-17-18(23)11-8-12-19(17)24/h5-12,20H,3-4,13-15H2,1-2H3,(H,25,28)/t20-/m1/s1. The molecular weight excluding hydrogens is 379 g/mol. The Morgan fingerprint density at radius 2 is 1.82 bits per heavy atom. The van der Waals surface area contributed by atoms with E-state index in [1.54, 1.807) is 11.0 Å². The molecule has 0 aliphatic rings. The lowest BCUT2D eigenvalue weighted by molar-refractivity contribution is -0.140. The van der Waals surface area contributed by atoms with Gasteiger partial charge in [0.05, 0.1) is 6.42 Å². The number of nitrogens with one attached hydrogen (secondary N) is 1. The van der Waals surface area contributed by atoms with E-state index in [-0.39, 0.29) is 28.8 Å². The molecule has 0 aliphatic heterocycles. The van der Waals surface area contributed by atoms with Gasteiger partial charge in [-0.15, -0.1) is 0 Å². The van der Waals surface area contributed by atoms with Crippen LogP contribution in [0.4, 0.5) is 4.39 Å². The van der Waals surface area contributed by atoms with Crippen LogP contribution in [0.3, 0.4) is 0 Å². The van der Waals surface area contributed by atoms with Gasteiger partial charge in [-0.05, 0) is 37.5 Å². The van der Waals surface area contributed by atoms with Crippen molar-refractivity contribution in [2.75, 3.05) is 13.1 Å². The van der Waals surface area contributed by atoms with E-state index in [1.807, 2.05) is 44.2 Å². The topological polar surface area (TPSA) is 49.4 Å². The molecule has 0 spiro atoms. The molecule has 150 valence electrons. The van der Waals surface area contributed by atoms with Crippen LogP contribution in [0.2, 0.25) is 5.02 Å². The summed E-state index contributed by atoms with van der Waals surface area (Å²) in [5.74, 6) is -1.04. The molecule has 0 unspecified atom stereocenters. The number of hydrogen-bond acceptors (Lipinski definition) is 2. The fraction of sp³-hybridized carbons (Fsp3) is 0.364. The predicted octanol–water partition coefficient (Wildman–Crippen LogP) is 4.01. The van der Waals surface area contributed by atoms with Crippen molar-refractivity contribution in [3.05, 3.63) is 70.5 Å². The van der Waals surface area contributed by atoms with Crippen LogP contribution in [0.5, 0.6) is 0 Å². The molecule has 0 aromatic heterocycles. The summed E-state index contributed by atoms with van der Waals surface area (Å²) in [6.07, 6.45) is 0.890. The van der Waals surface area contributed by atoms with E-state index < -0.39 is 11.9 Å². The number of nitrogens with zero attached hydrogens (tertiary/aromatic N) is 1. The normalized spacial score (nSPS) is 11.7. The fourth-order valence-corrected chi connectivity index (χ4v) is 3.37. The second-order valence-electron chi connectivity index (χ2n) is 6.52. The number of halogens is 2. The van der Waals surface area contributed by atoms with Gasteiger partial charge in [0.25, 0.3) is 0 Å². The molecule has 0 bridgehead atoms. The van der Waals surface area contributed by atoms with Gasteiger partial charge in [-0.25, -0.2) is 4.39 Å². The summed E-state index contributed by atoms with van der Waals surface area (Å²) in [5.41, 5.74) is 1.22. The number of hydrogen-bond donors (Lipinski definition) is 1. The molecule has 2 rings (SSSR count). The Morgan fingerprint density at radius 1 is 1.11 bits per heavy atom. The van der Waals surface area contributed by atoms with Gasteiger partial charge in [0.2, 0.25) is 11.8 Å². The van der Waals surface area contributed by atoms with Crippen LogP contribution in [0.25, 0.3) is 0 Å². The van der Waals surface area contributed by atoms with E-state index in [4.69, 9.17) is 11.6 Å². The van der Waals surface area contributed by atoms with Gasteiger partial charge < -0.3 is 10.2 Å². The third-order valence-corrected chi connectivity index (χ3v) is 4.96. The first-order chi connectivity index (χ1) is 13.5. The zero-order valence-electron chi connectivity index (χ0n) is 16.3. The van der Waals surface area contributed by atoms with Crippen LogP contribution < -0.4 is 5.32 Å². The molecule has 0 radical (unpaired) electrons. The fourth-order valence-electron chi connectivity index (χ4n) is 3.14. The molecule has 2 aromatic rings. The third-order valence-electron chi connectivity index (χ3n) is 4.61. The minimum Gasteiger partial charge on any atom is -0.355 e. The highest BCUT2D eigenvalue weighted by atomic mass is 35.5. The van der Waals surface area contributed by atoms with E-state index in [2.05, 4.69) is 5.32 Å². The van der Waals surface area contributed by atoms with Crippen molar-refractivity contribution >= 4 is 23.4 Å². The lowest BCUT2D eigenvalue weighted by atomic mass is 10.1. The summed E-state index contributed by atoms with van der Waals surface area (Å²) in [6.45, 7) is 4.54. The zero-order chi connectivity index (χ0) is 20.5. The van der Waals surface area contributed by atoms with Crippen LogP contribution in [-0.2, 0) is 22.4 Å². The third kappa shape index (κ3) is 5.80. The number of carbonyl (C=O) groups excluding carboxylic acids is 2. The smallest absolute Gasteiger partial charge is 0.242 e. The summed E-state index contributed by atoms with van der Waals surface area (Å²) < 4.78 is 14.2. The summed E-state index contributed by atoms with van der Waals surface area (Å²) in [6, 6.07) is 13.5.